The first-order valence-corrected chi connectivity index (χ1v) is 11.1. The molecule has 0 unspecified atom stereocenters. The molecule has 1 amide bonds. The lowest BCUT2D eigenvalue weighted by atomic mass is 10.0. The molecular formula is C20H19ClFN3OS2. The predicted octanol–water partition coefficient (Wildman–Crippen LogP) is 5.31. The number of hydrogen-bond acceptors (Lipinski definition) is 5. The lowest BCUT2D eigenvalue weighted by Gasteiger charge is -2.33. The Balaban J connectivity index is 1.28. The number of likely N-dealkylation sites (tertiary alicyclic amines) is 1. The Morgan fingerprint density at radius 1 is 1.21 bits per heavy atom. The van der Waals surface area contributed by atoms with E-state index < -0.39 is 0 Å². The normalized spacial score (nSPS) is 15.0. The highest BCUT2D eigenvalue weighted by molar-refractivity contribution is 7.23. The third-order valence-electron chi connectivity index (χ3n) is 4.73. The van der Waals surface area contributed by atoms with E-state index in [0.717, 1.165) is 51.5 Å². The zero-order valence-electron chi connectivity index (χ0n) is 15.0. The van der Waals surface area contributed by atoms with Crippen LogP contribution in [0, 0.1) is 5.82 Å². The van der Waals surface area contributed by atoms with Crippen LogP contribution in [-0.2, 0) is 11.2 Å². The van der Waals surface area contributed by atoms with Crippen LogP contribution < -0.4 is 5.32 Å². The van der Waals surface area contributed by atoms with Crippen LogP contribution in [0.15, 0.2) is 41.8 Å². The quantitative estimate of drug-likeness (QED) is 0.590. The smallest absolute Gasteiger partial charge is 0.228 e. The molecule has 2 aromatic heterocycles. The van der Waals surface area contributed by atoms with Gasteiger partial charge in [0.1, 0.15) is 10.8 Å². The van der Waals surface area contributed by atoms with Gasteiger partial charge in [-0.15, -0.1) is 22.7 Å². The third kappa shape index (κ3) is 4.71. The molecule has 28 heavy (non-hydrogen) atoms. The summed E-state index contributed by atoms with van der Waals surface area (Å²) in [6.07, 6.45) is 2.07. The van der Waals surface area contributed by atoms with Gasteiger partial charge in [0.15, 0.2) is 0 Å². The minimum absolute atomic E-state index is 0.112. The van der Waals surface area contributed by atoms with Gasteiger partial charge in [-0.05, 0) is 49.2 Å². The van der Waals surface area contributed by atoms with E-state index >= 15 is 0 Å². The van der Waals surface area contributed by atoms with Gasteiger partial charge in [-0.1, -0.05) is 11.6 Å². The van der Waals surface area contributed by atoms with Crippen molar-refractivity contribution in [1.29, 1.82) is 0 Å². The molecule has 3 aromatic rings. The number of nitrogens with one attached hydrogen (secondary N) is 1. The molecule has 4 rings (SSSR count). The molecule has 1 N–H and O–H groups in total. The molecule has 4 nitrogen and oxygen atoms in total. The minimum Gasteiger partial charge on any atom is -0.382 e. The molecule has 0 radical (unpaired) electrons. The molecule has 0 saturated carbocycles. The van der Waals surface area contributed by atoms with Crippen molar-refractivity contribution in [1.82, 2.24) is 9.88 Å². The third-order valence-corrected chi connectivity index (χ3v) is 7.02. The van der Waals surface area contributed by atoms with Gasteiger partial charge in [0.25, 0.3) is 0 Å². The molecule has 1 aliphatic rings. The van der Waals surface area contributed by atoms with Crippen LogP contribution in [0.3, 0.4) is 0 Å². The number of rotatable bonds is 5. The van der Waals surface area contributed by atoms with Crippen LogP contribution in [0.2, 0.25) is 4.34 Å². The molecular weight excluding hydrogens is 417 g/mol. The number of thiazole rings is 1. The Morgan fingerprint density at radius 3 is 2.64 bits per heavy atom. The molecule has 0 atom stereocenters. The summed E-state index contributed by atoms with van der Waals surface area (Å²) < 4.78 is 13.7. The number of anilines is 1. The second-order valence-corrected chi connectivity index (χ2v) is 9.30. The summed E-state index contributed by atoms with van der Waals surface area (Å²) in [4.78, 5) is 20.2. The maximum Gasteiger partial charge on any atom is 0.228 e. The van der Waals surface area contributed by atoms with Gasteiger partial charge in [-0.3, -0.25) is 4.79 Å². The fourth-order valence-electron chi connectivity index (χ4n) is 3.25. The molecule has 1 aliphatic heterocycles. The van der Waals surface area contributed by atoms with E-state index in [0.29, 0.717) is 12.5 Å². The summed E-state index contributed by atoms with van der Waals surface area (Å²) >= 11 is 9.02. The monoisotopic (exact) mass is 435 g/mol. The molecule has 1 aromatic carbocycles. The van der Waals surface area contributed by atoms with Crippen LogP contribution in [0.1, 0.15) is 18.5 Å². The lowest BCUT2D eigenvalue weighted by Crippen LogP contribution is -2.43. The number of amides is 1. The minimum atomic E-state index is -0.238. The Bertz CT molecular complexity index is 949. The lowest BCUT2D eigenvalue weighted by molar-refractivity contribution is -0.131. The number of carbonyl (C=O) groups excluding carboxylic acids is 1. The predicted molar refractivity (Wildman–Crippen MR) is 114 cm³/mol. The number of thiophene rings is 1. The van der Waals surface area contributed by atoms with Crippen LogP contribution in [0.5, 0.6) is 0 Å². The number of hydrogen-bond donors (Lipinski definition) is 1. The number of halogens is 2. The summed E-state index contributed by atoms with van der Waals surface area (Å²) in [5.74, 6) is -0.125. The van der Waals surface area contributed by atoms with Crippen molar-refractivity contribution in [2.45, 2.75) is 25.3 Å². The van der Waals surface area contributed by atoms with E-state index in [9.17, 15) is 9.18 Å². The maximum atomic E-state index is 13.0. The highest BCUT2D eigenvalue weighted by Gasteiger charge is 2.23. The van der Waals surface area contributed by atoms with Crippen LogP contribution in [0.25, 0.3) is 9.88 Å². The molecule has 146 valence electrons. The van der Waals surface area contributed by atoms with Gasteiger partial charge in [0.05, 0.1) is 21.3 Å². The molecule has 1 saturated heterocycles. The first kappa shape index (κ1) is 19.4. The van der Waals surface area contributed by atoms with Crippen molar-refractivity contribution < 1.29 is 9.18 Å². The number of carbonyl (C=O) groups is 1. The van der Waals surface area contributed by atoms with E-state index in [4.69, 9.17) is 11.6 Å². The standard InChI is InChI=1S/C20H19ClFN3OS2/c21-18-6-5-17(28-18)20-24-16(12-27-20)11-19(26)25-9-7-15(8-10-25)23-14-3-1-13(22)2-4-14/h1-6,12,15,23H,7-11H2. The van der Waals surface area contributed by atoms with Crippen LogP contribution in [0.4, 0.5) is 10.1 Å². The van der Waals surface area contributed by atoms with Gasteiger partial charge < -0.3 is 10.2 Å². The van der Waals surface area contributed by atoms with E-state index in [2.05, 4.69) is 10.3 Å². The van der Waals surface area contributed by atoms with E-state index in [-0.39, 0.29) is 11.7 Å². The number of piperidine rings is 1. The second-order valence-electron chi connectivity index (χ2n) is 6.73. The zero-order chi connectivity index (χ0) is 19.5. The van der Waals surface area contributed by atoms with Crippen molar-refractivity contribution in [2.75, 3.05) is 18.4 Å². The summed E-state index contributed by atoms with van der Waals surface area (Å²) in [5.41, 5.74) is 1.72. The van der Waals surface area contributed by atoms with Gasteiger partial charge in [0, 0.05) is 30.2 Å². The van der Waals surface area contributed by atoms with Crippen molar-refractivity contribution in [3.05, 3.63) is 57.6 Å². The average molecular weight is 436 g/mol. The first-order valence-electron chi connectivity index (χ1n) is 9.07. The SMILES string of the molecule is O=C(Cc1csc(-c2ccc(Cl)s2)n1)N1CCC(Nc2ccc(F)cc2)CC1. The van der Waals surface area contributed by atoms with Crippen molar-refractivity contribution >= 4 is 45.9 Å². The Kier molecular flexibility index (Phi) is 5.94. The molecule has 3 heterocycles. The van der Waals surface area contributed by atoms with Crippen molar-refractivity contribution in [3.63, 3.8) is 0 Å². The topological polar surface area (TPSA) is 45.2 Å². The van der Waals surface area contributed by atoms with E-state index in [1.165, 1.54) is 23.5 Å². The highest BCUT2D eigenvalue weighted by atomic mass is 35.5. The number of aromatic nitrogens is 1. The van der Waals surface area contributed by atoms with Crippen molar-refractivity contribution in [2.24, 2.45) is 0 Å². The van der Waals surface area contributed by atoms with E-state index in [1.54, 1.807) is 23.5 Å². The highest BCUT2D eigenvalue weighted by Crippen LogP contribution is 2.33. The van der Waals surface area contributed by atoms with Crippen LogP contribution >= 0.6 is 34.3 Å². The van der Waals surface area contributed by atoms with Gasteiger partial charge >= 0.3 is 0 Å². The second kappa shape index (κ2) is 8.59. The van der Waals surface area contributed by atoms with Gasteiger partial charge in [-0.25, -0.2) is 9.37 Å². The molecule has 0 bridgehead atoms. The van der Waals surface area contributed by atoms with Crippen molar-refractivity contribution in [3.8, 4) is 9.88 Å². The average Bonchev–Trinajstić information content (AvgIpc) is 3.33. The fourth-order valence-corrected chi connectivity index (χ4v) is 5.19. The maximum absolute atomic E-state index is 13.0. The Morgan fingerprint density at radius 2 is 1.96 bits per heavy atom. The largest absolute Gasteiger partial charge is 0.382 e. The van der Waals surface area contributed by atoms with Crippen LogP contribution in [-0.4, -0.2) is 34.9 Å². The molecule has 0 spiro atoms. The molecule has 0 aliphatic carbocycles. The van der Waals surface area contributed by atoms with Gasteiger partial charge in [-0.2, -0.15) is 0 Å². The fraction of sp³-hybridized carbons (Fsp3) is 0.300. The first-order chi connectivity index (χ1) is 13.6. The summed E-state index contributed by atoms with van der Waals surface area (Å²) in [6, 6.07) is 10.5. The number of nitrogens with zero attached hydrogens (tertiary/aromatic N) is 2. The number of benzene rings is 1. The summed E-state index contributed by atoms with van der Waals surface area (Å²) in [5, 5.41) is 6.27. The summed E-state index contributed by atoms with van der Waals surface area (Å²) in [7, 11) is 0. The Hall–Kier alpha value is -1.96. The Labute approximate surface area is 176 Å². The molecule has 8 heteroatoms. The zero-order valence-corrected chi connectivity index (χ0v) is 17.4. The molecule has 1 fully saturated rings. The van der Waals surface area contributed by atoms with Gasteiger partial charge in [0.2, 0.25) is 5.91 Å². The summed E-state index contributed by atoms with van der Waals surface area (Å²) in [6.45, 7) is 1.43. The van der Waals surface area contributed by atoms with E-state index in [1.807, 2.05) is 22.4 Å².